The Kier molecular flexibility index (Phi) is 5.27. The molecule has 0 N–H and O–H groups in total. The number of aryl methyl sites for hydroxylation is 1. The smallest absolute Gasteiger partial charge is 0.414 e. The van der Waals surface area contributed by atoms with Gasteiger partial charge in [-0.2, -0.15) is 0 Å². The average molecular weight is 416 g/mol. The van der Waals surface area contributed by atoms with E-state index in [-0.39, 0.29) is 18.3 Å². The minimum atomic E-state index is -0.996. The summed E-state index contributed by atoms with van der Waals surface area (Å²) in [6.45, 7) is 5.48. The number of hydrogen-bond acceptors (Lipinski definition) is 5. The van der Waals surface area contributed by atoms with Crippen molar-refractivity contribution >= 4 is 23.5 Å². The second-order valence-corrected chi connectivity index (χ2v) is 7.55. The van der Waals surface area contributed by atoms with Gasteiger partial charge in [0.1, 0.15) is 29.6 Å². The SMILES string of the molecule is Cc1ccc(N2CCN(C(=O)c3c(F)cc(N4C(=O)OC[C@H]4C)cc3F)CC2)nc1. The number of pyridine rings is 1. The van der Waals surface area contributed by atoms with Gasteiger partial charge in [-0.05, 0) is 37.6 Å². The lowest BCUT2D eigenvalue weighted by molar-refractivity contribution is 0.0736. The number of halogens is 2. The van der Waals surface area contributed by atoms with Crippen molar-refractivity contribution in [3.05, 3.63) is 53.2 Å². The maximum absolute atomic E-state index is 14.7. The van der Waals surface area contributed by atoms with Gasteiger partial charge in [0.2, 0.25) is 0 Å². The third kappa shape index (κ3) is 3.67. The van der Waals surface area contributed by atoms with Gasteiger partial charge in [0.15, 0.2) is 0 Å². The predicted molar refractivity (Wildman–Crippen MR) is 107 cm³/mol. The molecule has 7 nitrogen and oxygen atoms in total. The van der Waals surface area contributed by atoms with E-state index in [1.807, 2.05) is 24.0 Å². The average Bonchev–Trinajstić information content (AvgIpc) is 3.06. The number of aromatic nitrogens is 1. The van der Waals surface area contributed by atoms with Gasteiger partial charge in [0.05, 0.1) is 11.7 Å². The molecule has 2 aliphatic heterocycles. The molecule has 158 valence electrons. The Morgan fingerprint density at radius 3 is 2.33 bits per heavy atom. The van der Waals surface area contributed by atoms with Gasteiger partial charge >= 0.3 is 6.09 Å². The van der Waals surface area contributed by atoms with Gasteiger partial charge in [0, 0.05) is 32.4 Å². The van der Waals surface area contributed by atoms with Crippen LogP contribution < -0.4 is 9.80 Å². The van der Waals surface area contributed by atoms with Crippen LogP contribution in [0.25, 0.3) is 0 Å². The van der Waals surface area contributed by atoms with E-state index in [4.69, 9.17) is 4.74 Å². The molecule has 9 heteroatoms. The maximum Gasteiger partial charge on any atom is 0.414 e. The normalized spacial score (nSPS) is 19.3. The number of anilines is 2. The topological polar surface area (TPSA) is 66.0 Å². The van der Waals surface area contributed by atoms with Crippen LogP contribution in [-0.4, -0.2) is 60.7 Å². The third-order valence-electron chi connectivity index (χ3n) is 5.39. The number of carbonyl (C=O) groups excluding carboxylic acids is 2. The molecule has 0 radical (unpaired) electrons. The summed E-state index contributed by atoms with van der Waals surface area (Å²) in [6, 6.07) is 5.54. The summed E-state index contributed by atoms with van der Waals surface area (Å²) in [7, 11) is 0. The highest BCUT2D eigenvalue weighted by Crippen LogP contribution is 2.28. The fraction of sp³-hybridized carbons (Fsp3) is 0.381. The maximum atomic E-state index is 14.7. The van der Waals surface area contributed by atoms with Crippen molar-refractivity contribution in [2.75, 3.05) is 42.6 Å². The second kappa shape index (κ2) is 7.89. The third-order valence-corrected chi connectivity index (χ3v) is 5.39. The van der Waals surface area contributed by atoms with Crippen LogP contribution in [0.3, 0.4) is 0 Å². The Morgan fingerprint density at radius 1 is 1.13 bits per heavy atom. The first-order valence-electron chi connectivity index (χ1n) is 9.77. The zero-order chi connectivity index (χ0) is 21.4. The van der Waals surface area contributed by atoms with Crippen LogP contribution in [0, 0.1) is 18.6 Å². The molecule has 1 aromatic heterocycles. The number of amides is 2. The summed E-state index contributed by atoms with van der Waals surface area (Å²) >= 11 is 0. The molecule has 0 spiro atoms. The summed E-state index contributed by atoms with van der Waals surface area (Å²) in [5, 5.41) is 0. The van der Waals surface area contributed by atoms with Crippen molar-refractivity contribution in [3.8, 4) is 0 Å². The number of cyclic esters (lactones) is 1. The molecule has 0 aliphatic carbocycles. The number of rotatable bonds is 3. The van der Waals surface area contributed by atoms with Crippen LogP contribution >= 0.6 is 0 Å². The first-order chi connectivity index (χ1) is 14.3. The fourth-order valence-electron chi connectivity index (χ4n) is 3.72. The Morgan fingerprint density at radius 2 is 1.80 bits per heavy atom. The second-order valence-electron chi connectivity index (χ2n) is 7.55. The Balaban J connectivity index is 1.48. The molecule has 2 aliphatic rings. The van der Waals surface area contributed by atoms with E-state index in [9.17, 15) is 18.4 Å². The van der Waals surface area contributed by atoms with E-state index in [2.05, 4.69) is 4.98 Å². The summed E-state index contributed by atoms with van der Waals surface area (Å²) in [4.78, 5) is 33.6. The van der Waals surface area contributed by atoms with Crippen LogP contribution in [0.4, 0.5) is 25.1 Å². The molecular formula is C21H22F2N4O3. The van der Waals surface area contributed by atoms with Crippen LogP contribution in [-0.2, 0) is 4.74 Å². The van der Waals surface area contributed by atoms with Crippen molar-refractivity contribution < 1.29 is 23.1 Å². The molecule has 3 heterocycles. The molecule has 4 rings (SSSR count). The monoisotopic (exact) mass is 416 g/mol. The van der Waals surface area contributed by atoms with Crippen molar-refractivity contribution in [2.24, 2.45) is 0 Å². The highest BCUT2D eigenvalue weighted by molar-refractivity contribution is 5.96. The molecular weight excluding hydrogens is 394 g/mol. The zero-order valence-electron chi connectivity index (χ0n) is 16.8. The highest BCUT2D eigenvalue weighted by atomic mass is 19.1. The van der Waals surface area contributed by atoms with E-state index in [1.54, 1.807) is 13.1 Å². The number of ether oxygens (including phenoxy) is 1. The van der Waals surface area contributed by atoms with E-state index >= 15 is 0 Å². The van der Waals surface area contributed by atoms with E-state index in [0.29, 0.717) is 26.2 Å². The number of nitrogens with zero attached hydrogens (tertiary/aromatic N) is 4. The molecule has 0 saturated carbocycles. The summed E-state index contributed by atoms with van der Waals surface area (Å²) in [6.07, 6.45) is 1.11. The minimum absolute atomic E-state index is 0.0341. The summed E-state index contributed by atoms with van der Waals surface area (Å²) in [5.74, 6) is -1.89. The van der Waals surface area contributed by atoms with Gasteiger partial charge in [-0.3, -0.25) is 9.69 Å². The van der Waals surface area contributed by atoms with Crippen molar-refractivity contribution in [2.45, 2.75) is 19.9 Å². The Labute approximate surface area is 172 Å². The number of carbonyl (C=O) groups is 2. The molecule has 2 aromatic rings. The van der Waals surface area contributed by atoms with Crippen LogP contribution in [0.1, 0.15) is 22.8 Å². The molecule has 30 heavy (non-hydrogen) atoms. The Hall–Kier alpha value is -3.23. The highest BCUT2D eigenvalue weighted by Gasteiger charge is 2.34. The van der Waals surface area contributed by atoms with Crippen LogP contribution in [0.5, 0.6) is 0 Å². The lowest BCUT2D eigenvalue weighted by atomic mass is 10.1. The first kappa shape index (κ1) is 20.1. The molecule has 2 fully saturated rings. The number of benzene rings is 1. The standard InChI is InChI=1S/C21H22F2N4O3/c1-13-3-4-18(24-11-13)25-5-7-26(8-6-25)20(28)19-16(22)9-15(10-17(19)23)27-14(2)12-30-21(27)29/h3-4,9-11,14H,5-8,12H2,1-2H3/t14-/m1/s1. The quantitative estimate of drug-likeness (QED) is 0.770. The van der Waals surface area contributed by atoms with E-state index in [1.165, 1.54) is 9.80 Å². The lowest BCUT2D eigenvalue weighted by Crippen LogP contribution is -2.49. The van der Waals surface area contributed by atoms with Gasteiger partial charge in [-0.15, -0.1) is 0 Å². The number of piperazine rings is 1. The molecule has 0 bridgehead atoms. The molecule has 2 amide bonds. The Bertz CT molecular complexity index is 952. The van der Waals surface area contributed by atoms with Gasteiger partial charge < -0.3 is 14.5 Å². The first-order valence-corrected chi connectivity index (χ1v) is 9.77. The summed E-state index contributed by atoms with van der Waals surface area (Å²) in [5.41, 5.74) is 0.478. The zero-order valence-corrected chi connectivity index (χ0v) is 16.8. The fourth-order valence-corrected chi connectivity index (χ4v) is 3.72. The van der Waals surface area contributed by atoms with Gasteiger partial charge in [0.25, 0.3) is 5.91 Å². The lowest BCUT2D eigenvalue weighted by Gasteiger charge is -2.35. The minimum Gasteiger partial charge on any atom is -0.447 e. The number of hydrogen-bond donors (Lipinski definition) is 0. The molecule has 0 unspecified atom stereocenters. The van der Waals surface area contributed by atoms with E-state index in [0.717, 1.165) is 23.5 Å². The van der Waals surface area contributed by atoms with Crippen LogP contribution in [0.2, 0.25) is 0 Å². The van der Waals surface area contributed by atoms with Crippen molar-refractivity contribution in [1.29, 1.82) is 0 Å². The largest absolute Gasteiger partial charge is 0.447 e. The molecule has 1 atom stereocenters. The van der Waals surface area contributed by atoms with Gasteiger partial charge in [-0.1, -0.05) is 6.07 Å². The van der Waals surface area contributed by atoms with Crippen LogP contribution in [0.15, 0.2) is 30.5 Å². The predicted octanol–water partition coefficient (Wildman–Crippen LogP) is 2.98. The summed E-state index contributed by atoms with van der Waals surface area (Å²) < 4.78 is 34.3. The van der Waals surface area contributed by atoms with Gasteiger partial charge in [-0.25, -0.2) is 18.6 Å². The molecule has 1 aromatic carbocycles. The van der Waals surface area contributed by atoms with E-state index < -0.39 is 29.2 Å². The molecule has 2 saturated heterocycles. The van der Waals surface area contributed by atoms with Crippen molar-refractivity contribution in [1.82, 2.24) is 9.88 Å². The van der Waals surface area contributed by atoms with Crippen molar-refractivity contribution in [3.63, 3.8) is 0 Å².